The molecule has 2 aromatic heterocycles. The number of pyridine rings is 2. The molecule has 0 spiro atoms. The van der Waals surface area contributed by atoms with Crippen molar-refractivity contribution in [1.29, 1.82) is 10.5 Å². The van der Waals surface area contributed by atoms with E-state index in [0.29, 0.717) is 0 Å². The molecule has 0 aliphatic rings. The molecule has 3 rings (SSSR count). The zero-order valence-electron chi connectivity index (χ0n) is 13.0. The van der Waals surface area contributed by atoms with Crippen LogP contribution in [-0.2, 0) is 0 Å². The van der Waals surface area contributed by atoms with Crippen LogP contribution >= 0.6 is 23.2 Å². The number of nitriles is 2. The van der Waals surface area contributed by atoms with Gasteiger partial charge in [-0.15, -0.1) is 0 Å². The molecule has 0 aliphatic carbocycles. The molecular formula is C18H8Cl2N4O2. The van der Waals surface area contributed by atoms with Gasteiger partial charge < -0.3 is 9.47 Å². The lowest BCUT2D eigenvalue weighted by Crippen LogP contribution is -1.96. The van der Waals surface area contributed by atoms with Gasteiger partial charge in [0.2, 0.25) is 11.8 Å². The summed E-state index contributed by atoms with van der Waals surface area (Å²) in [7, 11) is 0. The van der Waals surface area contributed by atoms with E-state index in [4.69, 9.17) is 32.7 Å². The Morgan fingerprint density at radius 2 is 1.15 bits per heavy atom. The first-order valence-corrected chi connectivity index (χ1v) is 7.93. The van der Waals surface area contributed by atoms with E-state index in [2.05, 4.69) is 9.97 Å². The van der Waals surface area contributed by atoms with Gasteiger partial charge in [0.05, 0.1) is 11.1 Å². The van der Waals surface area contributed by atoms with Crippen molar-refractivity contribution in [2.24, 2.45) is 0 Å². The molecule has 0 aliphatic heterocycles. The largest absolute Gasteiger partial charge is 0.435 e. The molecule has 8 heteroatoms. The summed E-state index contributed by atoms with van der Waals surface area (Å²) < 4.78 is 11.4. The number of nitrogens with zero attached hydrogens (tertiary/aromatic N) is 4. The van der Waals surface area contributed by atoms with Gasteiger partial charge in [0.1, 0.15) is 22.4 Å². The van der Waals surface area contributed by atoms with Crippen LogP contribution in [0.1, 0.15) is 11.1 Å². The van der Waals surface area contributed by atoms with Crippen molar-refractivity contribution in [3.05, 3.63) is 70.0 Å². The molecule has 0 amide bonds. The van der Waals surface area contributed by atoms with Gasteiger partial charge in [-0.1, -0.05) is 35.3 Å². The topological polar surface area (TPSA) is 91.8 Å². The Kier molecular flexibility index (Phi) is 5.19. The molecule has 0 bridgehead atoms. The smallest absolute Gasteiger partial charge is 0.220 e. The van der Waals surface area contributed by atoms with Crippen LogP contribution in [0.15, 0.2) is 48.5 Å². The second kappa shape index (κ2) is 7.71. The molecule has 26 heavy (non-hydrogen) atoms. The highest BCUT2D eigenvalue weighted by atomic mass is 35.5. The average molecular weight is 383 g/mol. The molecule has 0 fully saturated rings. The lowest BCUT2D eigenvalue weighted by Gasteiger charge is -2.12. The van der Waals surface area contributed by atoms with E-state index in [0.717, 1.165) is 0 Å². The van der Waals surface area contributed by atoms with Gasteiger partial charge >= 0.3 is 0 Å². The van der Waals surface area contributed by atoms with Crippen molar-refractivity contribution in [2.45, 2.75) is 0 Å². The molecule has 0 atom stereocenters. The Morgan fingerprint density at radius 1 is 0.731 bits per heavy atom. The molecular weight excluding hydrogens is 375 g/mol. The zero-order valence-corrected chi connectivity index (χ0v) is 14.5. The van der Waals surface area contributed by atoms with Crippen LogP contribution < -0.4 is 9.47 Å². The lowest BCUT2D eigenvalue weighted by molar-refractivity contribution is 0.402. The van der Waals surface area contributed by atoms with E-state index in [-0.39, 0.29) is 44.7 Å². The Morgan fingerprint density at radius 3 is 1.50 bits per heavy atom. The summed E-state index contributed by atoms with van der Waals surface area (Å²) in [6.07, 6.45) is 0. The molecule has 6 nitrogen and oxygen atoms in total. The van der Waals surface area contributed by atoms with Crippen LogP contribution in [0.2, 0.25) is 10.3 Å². The molecule has 1 aromatic carbocycles. The maximum absolute atomic E-state index is 9.24. The number of rotatable bonds is 4. The highest BCUT2D eigenvalue weighted by Crippen LogP contribution is 2.36. The van der Waals surface area contributed by atoms with Crippen molar-refractivity contribution in [3.8, 4) is 35.4 Å². The van der Waals surface area contributed by atoms with E-state index >= 15 is 0 Å². The first-order valence-electron chi connectivity index (χ1n) is 7.18. The van der Waals surface area contributed by atoms with Crippen LogP contribution in [0.5, 0.6) is 23.3 Å². The van der Waals surface area contributed by atoms with Crippen molar-refractivity contribution in [1.82, 2.24) is 9.97 Å². The van der Waals surface area contributed by atoms with Crippen LogP contribution in [0.25, 0.3) is 0 Å². The van der Waals surface area contributed by atoms with Gasteiger partial charge in [-0.25, -0.2) is 9.97 Å². The quantitative estimate of drug-likeness (QED) is 0.582. The molecule has 126 valence electrons. The predicted octanol–water partition coefficient (Wildman–Crippen LogP) is 5.11. The minimum atomic E-state index is 0.135. The molecule has 2 heterocycles. The van der Waals surface area contributed by atoms with Crippen LogP contribution in [0.3, 0.4) is 0 Å². The van der Waals surface area contributed by atoms with Crippen LogP contribution in [0.4, 0.5) is 0 Å². The number of halogens is 2. The van der Waals surface area contributed by atoms with Crippen molar-refractivity contribution in [3.63, 3.8) is 0 Å². The number of hydrogen-bond donors (Lipinski definition) is 0. The zero-order chi connectivity index (χ0) is 18.5. The average Bonchev–Trinajstić information content (AvgIpc) is 2.62. The van der Waals surface area contributed by atoms with Gasteiger partial charge in [0, 0.05) is 24.3 Å². The summed E-state index contributed by atoms with van der Waals surface area (Å²) in [4.78, 5) is 8.06. The van der Waals surface area contributed by atoms with Gasteiger partial charge in [-0.3, -0.25) is 0 Å². The van der Waals surface area contributed by atoms with E-state index < -0.39 is 0 Å². The summed E-state index contributed by atoms with van der Waals surface area (Å²) in [5, 5.41) is 19.0. The van der Waals surface area contributed by atoms with E-state index in [9.17, 15) is 10.5 Å². The Labute approximate surface area is 158 Å². The number of ether oxygens (including phenoxy) is 2. The molecule has 0 N–H and O–H groups in total. The van der Waals surface area contributed by atoms with Crippen molar-refractivity contribution >= 4 is 23.2 Å². The summed E-state index contributed by atoms with van der Waals surface area (Å²) in [6.45, 7) is 0. The SMILES string of the molecule is N#Cc1cc(Oc2cccc(Cl)n2)c(Oc2cccc(Cl)n2)cc1C#N. The Bertz CT molecular complexity index is 973. The second-order valence-corrected chi connectivity index (χ2v) is 5.64. The summed E-state index contributed by atoms with van der Waals surface area (Å²) >= 11 is 11.7. The standard InChI is InChI=1S/C18H8Cl2N4O2/c19-15-3-1-5-17(23-15)25-13-7-11(9-21)12(10-22)8-14(13)26-18-6-2-4-16(20)24-18/h1-8H. The lowest BCUT2D eigenvalue weighted by atomic mass is 10.1. The number of benzene rings is 1. The normalized spacial score (nSPS) is 9.85. The maximum atomic E-state index is 9.24. The summed E-state index contributed by atoms with van der Waals surface area (Å²) in [6, 6.07) is 16.4. The van der Waals surface area contributed by atoms with E-state index in [1.54, 1.807) is 36.4 Å². The van der Waals surface area contributed by atoms with Crippen LogP contribution in [-0.4, -0.2) is 9.97 Å². The third kappa shape index (κ3) is 4.01. The van der Waals surface area contributed by atoms with Gasteiger partial charge in [0.25, 0.3) is 0 Å². The fourth-order valence-electron chi connectivity index (χ4n) is 2.02. The minimum Gasteiger partial charge on any atom is -0.435 e. The highest BCUT2D eigenvalue weighted by Gasteiger charge is 2.15. The number of hydrogen-bond acceptors (Lipinski definition) is 6. The predicted molar refractivity (Wildman–Crippen MR) is 94.5 cm³/mol. The Balaban J connectivity index is 2.05. The third-order valence-electron chi connectivity index (χ3n) is 3.13. The molecule has 0 unspecified atom stereocenters. The number of aromatic nitrogens is 2. The first-order chi connectivity index (χ1) is 12.6. The maximum Gasteiger partial charge on any atom is 0.220 e. The Hall–Kier alpha value is -3.32. The van der Waals surface area contributed by atoms with E-state index in [1.807, 2.05) is 12.1 Å². The monoisotopic (exact) mass is 382 g/mol. The van der Waals surface area contributed by atoms with Crippen molar-refractivity contribution in [2.75, 3.05) is 0 Å². The fraction of sp³-hybridized carbons (Fsp3) is 0. The highest BCUT2D eigenvalue weighted by molar-refractivity contribution is 6.29. The fourth-order valence-corrected chi connectivity index (χ4v) is 2.33. The molecule has 0 radical (unpaired) electrons. The third-order valence-corrected chi connectivity index (χ3v) is 3.55. The van der Waals surface area contributed by atoms with E-state index in [1.165, 1.54) is 12.1 Å². The minimum absolute atomic E-state index is 0.135. The van der Waals surface area contributed by atoms with Crippen LogP contribution in [0, 0.1) is 22.7 Å². The van der Waals surface area contributed by atoms with Gasteiger partial charge in [-0.05, 0) is 12.1 Å². The molecule has 3 aromatic rings. The van der Waals surface area contributed by atoms with Gasteiger partial charge in [-0.2, -0.15) is 10.5 Å². The summed E-state index contributed by atoms with van der Waals surface area (Å²) in [5.41, 5.74) is 0.270. The van der Waals surface area contributed by atoms with Crippen molar-refractivity contribution < 1.29 is 9.47 Å². The molecule has 0 saturated heterocycles. The van der Waals surface area contributed by atoms with Gasteiger partial charge in [0.15, 0.2) is 11.5 Å². The summed E-state index contributed by atoms with van der Waals surface area (Å²) in [5.74, 6) is 0.763. The second-order valence-electron chi connectivity index (χ2n) is 4.87. The first kappa shape index (κ1) is 17.5. The molecule has 0 saturated carbocycles.